The number of likely N-dealkylation sites (tertiary alicyclic amines) is 1. The van der Waals surface area contributed by atoms with Gasteiger partial charge >= 0.3 is 13.1 Å². The van der Waals surface area contributed by atoms with Gasteiger partial charge in [-0.05, 0) is 31.3 Å². The molecule has 0 saturated carbocycles. The van der Waals surface area contributed by atoms with Crippen molar-refractivity contribution in [2.24, 2.45) is 0 Å². The standard InChI is InChI=1S/C17H21BN4O7/c1-10-6-22(20-19-10)9-14(23)21-7-12(8-21)29-13-3-2-11(4-5-18(27)28)16(24)15(13)17(25)26/h2-3,6,12,24,27-28H,4-5,7-9H2,1H3,(H,25,26). The number of aryl methyl sites for hydroxylation is 2. The molecular formula is C17H21BN4O7. The highest BCUT2D eigenvalue weighted by Crippen LogP contribution is 2.33. The van der Waals surface area contributed by atoms with Crippen molar-refractivity contribution in [3.8, 4) is 11.5 Å². The van der Waals surface area contributed by atoms with Crippen molar-refractivity contribution in [3.63, 3.8) is 0 Å². The molecular weight excluding hydrogens is 383 g/mol. The summed E-state index contributed by atoms with van der Waals surface area (Å²) in [6, 6.07) is 2.90. The molecule has 12 heteroatoms. The summed E-state index contributed by atoms with van der Waals surface area (Å²) in [4.78, 5) is 25.3. The number of aromatic nitrogens is 3. The van der Waals surface area contributed by atoms with Gasteiger partial charge in [0.1, 0.15) is 29.7 Å². The van der Waals surface area contributed by atoms with E-state index < -0.39 is 30.5 Å². The molecule has 1 aliphatic heterocycles. The predicted octanol–water partition coefficient (Wildman–Crippen LogP) is -0.705. The van der Waals surface area contributed by atoms with E-state index in [1.54, 1.807) is 18.0 Å². The predicted molar refractivity (Wildman–Crippen MR) is 99.5 cm³/mol. The minimum absolute atomic E-state index is 0.00713. The first-order valence-electron chi connectivity index (χ1n) is 9.00. The lowest BCUT2D eigenvalue weighted by Crippen LogP contribution is -2.57. The summed E-state index contributed by atoms with van der Waals surface area (Å²) in [5.74, 6) is -2.00. The van der Waals surface area contributed by atoms with E-state index >= 15 is 0 Å². The molecule has 4 N–H and O–H groups in total. The number of hydrogen-bond donors (Lipinski definition) is 4. The van der Waals surface area contributed by atoms with Crippen LogP contribution >= 0.6 is 0 Å². The lowest BCUT2D eigenvalue weighted by Gasteiger charge is -2.39. The largest absolute Gasteiger partial charge is 0.507 e. The Kier molecular flexibility index (Phi) is 6.04. The fraction of sp³-hybridized carbons (Fsp3) is 0.412. The number of carbonyl (C=O) groups is 2. The molecule has 2 aromatic rings. The maximum absolute atomic E-state index is 12.2. The van der Waals surface area contributed by atoms with Gasteiger partial charge < -0.3 is 29.9 Å². The highest BCUT2D eigenvalue weighted by molar-refractivity contribution is 6.41. The average molecular weight is 404 g/mol. The number of carboxylic acid groups (broad SMARTS) is 1. The zero-order valence-corrected chi connectivity index (χ0v) is 15.7. The molecule has 3 rings (SSSR count). The Morgan fingerprint density at radius 3 is 2.62 bits per heavy atom. The first kappa shape index (κ1) is 20.6. The van der Waals surface area contributed by atoms with Gasteiger partial charge in [-0.2, -0.15) is 0 Å². The van der Waals surface area contributed by atoms with Crippen molar-refractivity contribution in [1.29, 1.82) is 0 Å². The zero-order chi connectivity index (χ0) is 21.1. The number of nitrogens with zero attached hydrogens (tertiary/aromatic N) is 4. The van der Waals surface area contributed by atoms with Gasteiger partial charge in [-0.25, -0.2) is 9.48 Å². The number of phenols is 1. The van der Waals surface area contributed by atoms with Gasteiger partial charge in [0.05, 0.1) is 18.8 Å². The molecule has 2 heterocycles. The molecule has 1 saturated heterocycles. The van der Waals surface area contributed by atoms with Crippen molar-refractivity contribution < 1.29 is 34.6 Å². The molecule has 1 aliphatic rings. The molecule has 1 aromatic heterocycles. The molecule has 0 atom stereocenters. The van der Waals surface area contributed by atoms with E-state index in [1.807, 2.05) is 0 Å². The van der Waals surface area contributed by atoms with Crippen LogP contribution in [0.5, 0.6) is 11.5 Å². The van der Waals surface area contributed by atoms with E-state index in [-0.39, 0.29) is 49.6 Å². The van der Waals surface area contributed by atoms with Crippen LogP contribution in [0.15, 0.2) is 18.3 Å². The van der Waals surface area contributed by atoms with Crippen molar-refractivity contribution in [2.75, 3.05) is 13.1 Å². The molecule has 0 bridgehead atoms. The molecule has 29 heavy (non-hydrogen) atoms. The lowest BCUT2D eigenvalue weighted by molar-refractivity contribution is -0.140. The van der Waals surface area contributed by atoms with Gasteiger partial charge in [0.25, 0.3) is 0 Å². The smallest absolute Gasteiger partial charge is 0.451 e. The monoisotopic (exact) mass is 404 g/mol. The van der Waals surface area contributed by atoms with Crippen LogP contribution in [0, 0.1) is 6.92 Å². The maximum Gasteiger partial charge on any atom is 0.451 e. The van der Waals surface area contributed by atoms with E-state index in [0.717, 1.165) is 0 Å². The van der Waals surface area contributed by atoms with Crippen LogP contribution in [0.4, 0.5) is 0 Å². The number of carbonyl (C=O) groups excluding carboxylic acids is 1. The second kappa shape index (κ2) is 8.49. The Hall–Kier alpha value is -3.12. The summed E-state index contributed by atoms with van der Waals surface area (Å²) in [6.07, 6.45) is 1.30. The Bertz CT molecular complexity index is 911. The number of carboxylic acids is 1. The van der Waals surface area contributed by atoms with Crippen LogP contribution in [-0.2, 0) is 17.8 Å². The Labute approximate surface area is 166 Å². The Balaban J connectivity index is 1.61. The van der Waals surface area contributed by atoms with E-state index in [9.17, 15) is 19.8 Å². The third kappa shape index (κ3) is 4.84. The second-order valence-corrected chi connectivity index (χ2v) is 6.87. The average Bonchev–Trinajstić information content (AvgIpc) is 3.00. The molecule has 154 valence electrons. The molecule has 0 radical (unpaired) electrons. The molecule has 0 unspecified atom stereocenters. The second-order valence-electron chi connectivity index (χ2n) is 6.87. The summed E-state index contributed by atoms with van der Waals surface area (Å²) in [5, 5.41) is 45.2. The number of benzene rings is 1. The van der Waals surface area contributed by atoms with E-state index in [4.69, 9.17) is 14.8 Å². The number of aromatic hydroxyl groups is 1. The number of amides is 1. The Morgan fingerprint density at radius 1 is 1.31 bits per heavy atom. The molecule has 1 fully saturated rings. The number of rotatable bonds is 8. The maximum atomic E-state index is 12.2. The topological polar surface area (TPSA) is 158 Å². The summed E-state index contributed by atoms with van der Waals surface area (Å²) in [5.41, 5.74) is 0.592. The highest BCUT2D eigenvalue weighted by atomic mass is 16.5. The van der Waals surface area contributed by atoms with Crippen molar-refractivity contribution in [3.05, 3.63) is 35.2 Å². The van der Waals surface area contributed by atoms with Crippen LogP contribution in [0.1, 0.15) is 21.6 Å². The fourth-order valence-electron chi connectivity index (χ4n) is 3.01. The number of hydrogen-bond acceptors (Lipinski definition) is 8. The van der Waals surface area contributed by atoms with Gasteiger partial charge in [0.15, 0.2) is 0 Å². The summed E-state index contributed by atoms with van der Waals surface area (Å²) in [7, 11) is -1.56. The van der Waals surface area contributed by atoms with Crippen LogP contribution in [0.2, 0.25) is 6.32 Å². The molecule has 1 amide bonds. The van der Waals surface area contributed by atoms with Crippen molar-refractivity contribution in [2.45, 2.75) is 32.3 Å². The van der Waals surface area contributed by atoms with E-state index in [0.29, 0.717) is 5.69 Å². The number of aromatic carboxylic acids is 1. The molecule has 0 spiro atoms. The SMILES string of the molecule is Cc1cn(CC(=O)N2CC(Oc3ccc(CCB(O)O)c(O)c3C(=O)O)C2)nn1. The summed E-state index contributed by atoms with van der Waals surface area (Å²) < 4.78 is 7.11. The van der Waals surface area contributed by atoms with Crippen molar-refractivity contribution in [1.82, 2.24) is 19.9 Å². The van der Waals surface area contributed by atoms with Crippen LogP contribution in [0.3, 0.4) is 0 Å². The quantitative estimate of drug-likeness (QED) is 0.417. The van der Waals surface area contributed by atoms with Crippen LogP contribution in [0.25, 0.3) is 0 Å². The first-order chi connectivity index (χ1) is 13.7. The van der Waals surface area contributed by atoms with Crippen molar-refractivity contribution >= 4 is 19.0 Å². The first-order valence-corrected chi connectivity index (χ1v) is 9.00. The summed E-state index contributed by atoms with van der Waals surface area (Å²) >= 11 is 0. The fourth-order valence-corrected chi connectivity index (χ4v) is 3.01. The minimum atomic E-state index is -1.56. The lowest BCUT2D eigenvalue weighted by atomic mass is 9.82. The third-order valence-corrected chi connectivity index (χ3v) is 4.55. The van der Waals surface area contributed by atoms with E-state index in [1.165, 1.54) is 16.8 Å². The van der Waals surface area contributed by atoms with Gasteiger partial charge in [0, 0.05) is 6.20 Å². The highest BCUT2D eigenvalue weighted by Gasteiger charge is 2.34. The van der Waals surface area contributed by atoms with Crippen LogP contribution < -0.4 is 4.74 Å². The molecule has 1 aromatic carbocycles. The Morgan fingerprint density at radius 2 is 2.03 bits per heavy atom. The molecule has 0 aliphatic carbocycles. The van der Waals surface area contributed by atoms with Gasteiger partial charge in [-0.15, -0.1) is 5.10 Å². The third-order valence-electron chi connectivity index (χ3n) is 4.55. The van der Waals surface area contributed by atoms with Gasteiger partial charge in [-0.3, -0.25) is 4.79 Å². The summed E-state index contributed by atoms with van der Waals surface area (Å²) in [6.45, 7) is 2.39. The normalized spacial score (nSPS) is 13.8. The minimum Gasteiger partial charge on any atom is -0.507 e. The van der Waals surface area contributed by atoms with Gasteiger partial charge in [0.2, 0.25) is 5.91 Å². The number of ether oxygens (including phenoxy) is 1. The zero-order valence-electron chi connectivity index (χ0n) is 15.7. The molecule has 11 nitrogen and oxygen atoms in total. The van der Waals surface area contributed by atoms with Crippen LogP contribution in [-0.4, -0.2) is 78.3 Å². The van der Waals surface area contributed by atoms with E-state index in [2.05, 4.69) is 10.3 Å². The van der Waals surface area contributed by atoms with Gasteiger partial charge in [-0.1, -0.05) is 11.3 Å².